The van der Waals surface area contributed by atoms with Gasteiger partial charge in [0, 0.05) is 55.2 Å². The van der Waals surface area contributed by atoms with Crippen molar-refractivity contribution in [2.75, 3.05) is 26.7 Å². The summed E-state index contributed by atoms with van der Waals surface area (Å²) in [6, 6.07) is 7.86. The zero-order chi connectivity index (χ0) is 23.8. The van der Waals surface area contributed by atoms with Crippen LogP contribution in [0.4, 0.5) is 0 Å². The van der Waals surface area contributed by atoms with Gasteiger partial charge in [0.1, 0.15) is 5.75 Å². The van der Waals surface area contributed by atoms with Crippen LogP contribution in [-0.2, 0) is 16.1 Å². The first-order valence-corrected chi connectivity index (χ1v) is 12.7. The number of methoxy groups -OCH3 is 1. The second-order valence-corrected chi connectivity index (χ2v) is 9.44. The minimum atomic E-state index is -0.0847. The van der Waals surface area contributed by atoms with E-state index in [1.807, 2.05) is 46.5 Å². The van der Waals surface area contributed by atoms with Gasteiger partial charge in [-0.05, 0) is 57.4 Å². The van der Waals surface area contributed by atoms with Crippen molar-refractivity contribution < 1.29 is 14.3 Å². The first-order valence-electron chi connectivity index (χ1n) is 12.7. The van der Waals surface area contributed by atoms with Gasteiger partial charge in [0.2, 0.25) is 5.91 Å². The van der Waals surface area contributed by atoms with Crippen LogP contribution in [0.25, 0.3) is 0 Å². The van der Waals surface area contributed by atoms with Gasteiger partial charge in [-0.25, -0.2) is 0 Å². The number of para-hydroxylation sites is 1. The van der Waals surface area contributed by atoms with Crippen LogP contribution in [0.2, 0.25) is 0 Å². The first-order chi connectivity index (χ1) is 16.6. The number of hydrogen-bond donors (Lipinski definition) is 1. The third-order valence-corrected chi connectivity index (χ3v) is 6.90. The highest BCUT2D eigenvalue weighted by molar-refractivity contribution is 5.99. The summed E-state index contributed by atoms with van der Waals surface area (Å²) in [5, 5.41) is 3.09. The Morgan fingerprint density at radius 1 is 1.00 bits per heavy atom. The number of carbonyl (C=O) groups is 2. The Labute approximate surface area is 203 Å². The molecule has 1 aliphatic carbocycles. The Bertz CT molecular complexity index is 973. The monoisotopic (exact) mass is 463 g/mol. The highest BCUT2D eigenvalue weighted by Gasteiger charge is 2.26. The Morgan fingerprint density at radius 3 is 2.56 bits per heavy atom. The van der Waals surface area contributed by atoms with Crippen LogP contribution in [-0.4, -0.2) is 48.4 Å². The molecule has 2 aliphatic heterocycles. The molecule has 34 heavy (non-hydrogen) atoms. The largest absolute Gasteiger partial charge is 0.496 e. The average molecular weight is 464 g/mol. The molecule has 2 amide bonds. The second-order valence-electron chi connectivity index (χ2n) is 9.44. The van der Waals surface area contributed by atoms with Gasteiger partial charge < -0.3 is 19.9 Å². The lowest BCUT2D eigenvalue weighted by atomic mass is 9.97. The molecule has 0 spiro atoms. The fourth-order valence-corrected chi connectivity index (χ4v) is 5.01. The van der Waals surface area contributed by atoms with Crippen LogP contribution < -0.4 is 10.1 Å². The number of allylic oxidation sites excluding steroid dienone is 1. The molecule has 6 heteroatoms. The first kappa shape index (κ1) is 24.1. The third kappa shape index (κ3) is 6.31. The summed E-state index contributed by atoms with van der Waals surface area (Å²) in [6.07, 6.45) is 15.5. The molecule has 1 fully saturated rings. The maximum absolute atomic E-state index is 13.3. The fraction of sp³-hybridized carbons (Fsp3) is 0.500. The predicted molar refractivity (Wildman–Crippen MR) is 134 cm³/mol. The summed E-state index contributed by atoms with van der Waals surface area (Å²) in [7, 11) is 1.66. The lowest BCUT2D eigenvalue weighted by Crippen LogP contribution is -2.38. The SMILES string of the molecule is COc1ccccc1CN1C=C(C(=O)NCCC2=CCCCC2)CC(C(=O)N2CCCCC2)=C1. The molecule has 0 bridgehead atoms. The van der Waals surface area contributed by atoms with Crippen LogP contribution >= 0.6 is 0 Å². The van der Waals surface area contributed by atoms with Gasteiger partial charge in [0.25, 0.3) is 5.91 Å². The molecular weight excluding hydrogens is 426 g/mol. The predicted octanol–water partition coefficient (Wildman–Crippen LogP) is 4.69. The van der Waals surface area contributed by atoms with Crippen LogP contribution in [0.3, 0.4) is 0 Å². The van der Waals surface area contributed by atoms with Gasteiger partial charge in [-0.3, -0.25) is 9.59 Å². The molecule has 0 unspecified atom stereocenters. The van der Waals surface area contributed by atoms with Crippen molar-refractivity contribution in [1.82, 2.24) is 15.1 Å². The zero-order valence-corrected chi connectivity index (χ0v) is 20.4. The summed E-state index contributed by atoms with van der Waals surface area (Å²) >= 11 is 0. The van der Waals surface area contributed by atoms with Crippen molar-refractivity contribution >= 4 is 11.8 Å². The minimum absolute atomic E-state index is 0.0514. The number of amides is 2. The van der Waals surface area contributed by atoms with E-state index in [2.05, 4.69) is 11.4 Å². The number of ether oxygens (including phenoxy) is 1. The Kier molecular flexibility index (Phi) is 8.45. The number of hydrogen-bond acceptors (Lipinski definition) is 4. The van der Waals surface area contributed by atoms with E-state index in [1.165, 1.54) is 24.8 Å². The standard InChI is InChI=1S/C28H37N3O3/c1-34-26-13-7-6-12-23(26)19-30-20-24(27(32)29-15-14-22-10-4-2-5-11-22)18-25(21-30)28(33)31-16-8-3-9-17-31/h6-7,10,12-13,20-21H,2-5,8-9,11,14-19H2,1H3,(H,29,32). The minimum Gasteiger partial charge on any atom is -0.496 e. The molecule has 2 heterocycles. The molecule has 1 aromatic rings. The molecule has 182 valence electrons. The van der Waals surface area contributed by atoms with E-state index in [9.17, 15) is 9.59 Å². The maximum Gasteiger partial charge on any atom is 0.251 e. The number of nitrogens with one attached hydrogen (secondary N) is 1. The normalized spacial score (nSPS) is 18.6. The summed E-state index contributed by atoms with van der Waals surface area (Å²) < 4.78 is 5.51. The van der Waals surface area contributed by atoms with E-state index in [0.29, 0.717) is 30.7 Å². The quantitative estimate of drug-likeness (QED) is 0.568. The highest BCUT2D eigenvalue weighted by atomic mass is 16.5. The molecule has 1 N–H and O–H groups in total. The van der Waals surface area contributed by atoms with E-state index >= 15 is 0 Å². The summed E-state index contributed by atoms with van der Waals surface area (Å²) in [5.41, 5.74) is 3.77. The number of piperidine rings is 1. The van der Waals surface area contributed by atoms with Crippen LogP contribution in [0.15, 0.2) is 59.5 Å². The molecule has 1 aromatic carbocycles. The van der Waals surface area contributed by atoms with E-state index in [-0.39, 0.29) is 11.8 Å². The molecule has 0 radical (unpaired) electrons. The van der Waals surface area contributed by atoms with Crippen molar-refractivity contribution in [3.05, 3.63) is 65.0 Å². The molecule has 0 saturated carbocycles. The van der Waals surface area contributed by atoms with Gasteiger partial charge in [0.05, 0.1) is 13.7 Å². The summed E-state index contributed by atoms with van der Waals surface area (Å²) in [6.45, 7) is 2.75. The number of rotatable bonds is 8. The van der Waals surface area contributed by atoms with Crippen molar-refractivity contribution in [2.45, 2.75) is 64.3 Å². The molecule has 3 aliphatic rings. The average Bonchev–Trinajstić information content (AvgIpc) is 2.89. The van der Waals surface area contributed by atoms with Crippen molar-refractivity contribution in [3.63, 3.8) is 0 Å². The van der Waals surface area contributed by atoms with Crippen molar-refractivity contribution in [1.29, 1.82) is 0 Å². The zero-order valence-electron chi connectivity index (χ0n) is 20.4. The van der Waals surface area contributed by atoms with E-state index in [4.69, 9.17) is 4.74 Å². The smallest absolute Gasteiger partial charge is 0.251 e. The van der Waals surface area contributed by atoms with Crippen LogP contribution in [0.1, 0.15) is 63.4 Å². The van der Waals surface area contributed by atoms with E-state index < -0.39 is 0 Å². The molecular formula is C28H37N3O3. The van der Waals surface area contributed by atoms with Gasteiger partial charge >= 0.3 is 0 Å². The van der Waals surface area contributed by atoms with Crippen LogP contribution in [0, 0.1) is 0 Å². The molecule has 6 nitrogen and oxygen atoms in total. The van der Waals surface area contributed by atoms with Crippen molar-refractivity contribution in [2.24, 2.45) is 0 Å². The summed E-state index contributed by atoms with van der Waals surface area (Å²) in [5.74, 6) is 0.763. The van der Waals surface area contributed by atoms with Gasteiger partial charge in [-0.15, -0.1) is 0 Å². The second kappa shape index (κ2) is 11.9. The molecule has 4 rings (SSSR count). The fourth-order valence-electron chi connectivity index (χ4n) is 5.01. The van der Waals surface area contributed by atoms with Crippen LogP contribution in [0.5, 0.6) is 5.75 Å². The number of carbonyl (C=O) groups excluding carboxylic acids is 2. The van der Waals surface area contributed by atoms with E-state index in [0.717, 1.165) is 56.5 Å². The number of benzene rings is 1. The van der Waals surface area contributed by atoms with Gasteiger partial charge in [-0.2, -0.15) is 0 Å². The lowest BCUT2D eigenvalue weighted by molar-refractivity contribution is -0.128. The third-order valence-electron chi connectivity index (χ3n) is 6.90. The maximum atomic E-state index is 13.3. The number of nitrogens with zero attached hydrogens (tertiary/aromatic N) is 2. The number of likely N-dealkylation sites (tertiary alicyclic amines) is 1. The van der Waals surface area contributed by atoms with E-state index in [1.54, 1.807) is 7.11 Å². The Hall–Kier alpha value is -3.02. The summed E-state index contributed by atoms with van der Waals surface area (Å²) in [4.78, 5) is 30.3. The molecule has 0 aromatic heterocycles. The Morgan fingerprint density at radius 2 is 1.79 bits per heavy atom. The van der Waals surface area contributed by atoms with Gasteiger partial charge in [-0.1, -0.05) is 29.8 Å². The highest BCUT2D eigenvalue weighted by Crippen LogP contribution is 2.27. The van der Waals surface area contributed by atoms with Crippen molar-refractivity contribution in [3.8, 4) is 5.75 Å². The topological polar surface area (TPSA) is 61.9 Å². The Balaban J connectivity index is 1.48. The van der Waals surface area contributed by atoms with Gasteiger partial charge in [0.15, 0.2) is 0 Å². The molecule has 0 atom stereocenters. The molecule has 1 saturated heterocycles. The lowest BCUT2D eigenvalue weighted by Gasteiger charge is -2.31.